The van der Waals surface area contributed by atoms with Crippen LogP contribution in [0, 0.1) is 23.2 Å². The van der Waals surface area contributed by atoms with Crippen LogP contribution in [0.25, 0.3) is 11.1 Å². The Morgan fingerprint density at radius 1 is 1.03 bits per heavy atom. The van der Waals surface area contributed by atoms with Crippen LogP contribution in [0.5, 0.6) is 5.75 Å². The van der Waals surface area contributed by atoms with E-state index in [9.17, 15) is 9.90 Å². The van der Waals surface area contributed by atoms with Crippen molar-refractivity contribution in [3.63, 3.8) is 0 Å². The number of fused-ring (bicyclic) bond motifs is 3. The van der Waals surface area contributed by atoms with Crippen molar-refractivity contribution in [3.8, 4) is 34.8 Å². The number of carbonyl (C=O) groups is 1. The maximum Gasteiger partial charge on any atom is 0.407 e. The molecule has 4 rings (SSSR count). The highest BCUT2D eigenvalue weighted by molar-refractivity contribution is 5.79. The Bertz CT molecular complexity index is 1190. The molecule has 0 saturated carbocycles. The molecule has 3 aromatic rings. The van der Waals surface area contributed by atoms with Gasteiger partial charge in [-0.3, -0.25) is 0 Å². The first-order valence-corrected chi connectivity index (χ1v) is 9.98. The second-order valence-electron chi connectivity index (χ2n) is 7.15. The number of rotatable bonds is 4. The standard InChI is InChI=1S/C26H20N2O3/c27-16-18-12-13-25(29)19(15-18)7-5-6-14-28-26(30)31-17-24-22-10-3-1-8-20(22)21-9-2-4-11-23(21)24/h1-4,8-13,15,24,29H,6,14,17H2,(H,28,30). The molecule has 1 aliphatic carbocycles. The van der Waals surface area contributed by atoms with Gasteiger partial charge in [0.05, 0.1) is 17.2 Å². The van der Waals surface area contributed by atoms with Gasteiger partial charge in [-0.05, 0) is 40.5 Å². The predicted octanol–water partition coefficient (Wildman–Crippen LogP) is 4.54. The van der Waals surface area contributed by atoms with Crippen molar-refractivity contribution < 1.29 is 14.6 Å². The highest BCUT2D eigenvalue weighted by atomic mass is 16.5. The van der Waals surface area contributed by atoms with Crippen LogP contribution >= 0.6 is 0 Å². The van der Waals surface area contributed by atoms with Crippen LogP contribution in [0.4, 0.5) is 4.79 Å². The number of benzene rings is 3. The topological polar surface area (TPSA) is 82.4 Å². The number of ether oxygens (including phenoxy) is 1. The molecule has 1 amide bonds. The Morgan fingerprint density at radius 3 is 2.39 bits per heavy atom. The molecule has 0 radical (unpaired) electrons. The summed E-state index contributed by atoms with van der Waals surface area (Å²) in [6.45, 7) is 0.586. The summed E-state index contributed by atoms with van der Waals surface area (Å²) in [7, 11) is 0. The minimum atomic E-state index is -0.488. The fourth-order valence-electron chi connectivity index (χ4n) is 3.74. The number of aromatic hydroxyl groups is 1. The van der Waals surface area contributed by atoms with Crippen molar-refractivity contribution in [2.45, 2.75) is 12.3 Å². The lowest BCUT2D eigenvalue weighted by molar-refractivity contribution is 0.143. The van der Waals surface area contributed by atoms with Crippen LogP contribution in [0.1, 0.15) is 34.6 Å². The molecule has 5 nitrogen and oxygen atoms in total. The summed E-state index contributed by atoms with van der Waals surface area (Å²) < 4.78 is 5.48. The predicted molar refractivity (Wildman–Crippen MR) is 117 cm³/mol. The number of amides is 1. The van der Waals surface area contributed by atoms with Gasteiger partial charge in [0.1, 0.15) is 12.4 Å². The van der Waals surface area contributed by atoms with Gasteiger partial charge in [-0.1, -0.05) is 60.4 Å². The van der Waals surface area contributed by atoms with Gasteiger partial charge >= 0.3 is 6.09 Å². The van der Waals surface area contributed by atoms with Crippen LogP contribution in [-0.4, -0.2) is 24.4 Å². The SMILES string of the molecule is N#Cc1ccc(O)c(C#CCCNC(=O)OCC2c3ccccc3-c3ccccc32)c1. The van der Waals surface area contributed by atoms with E-state index in [1.165, 1.54) is 40.5 Å². The second kappa shape index (κ2) is 9.07. The van der Waals surface area contributed by atoms with Gasteiger partial charge in [0.15, 0.2) is 0 Å². The lowest BCUT2D eigenvalue weighted by Crippen LogP contribution is -2.26. The summed E-state index contributed by atoms with van der Waals surface area (Å²) in [6, 6.07) is 22.9. The smallest absolute Gasteiger partial charge is 0.407 e. The minimum Gasteiger partial charge on any atom is -0.507 e. The second-order valence-corrected chi connectivity index (χ2v) is 7.15. The Hall–Kier alpha value is -4.22. The van der Waals surface area contributed by atoms with E-state index in [1.54, 1.807) is 0 Å². The molecule has 0 bridgehead atoms. The summed E-state index contributed by atoms with van der Waals surface area (Å²) in [5.74, 6) is 5.75. The Morgan fingerprint density at radius 2 is 1.71 bits per heavy atom. The van der Waals surface area contributed by atoms with Crippen molar-refractivity contribution in [2.24, 2.45) is 0 Å². The number of nitrogens with one attached hydrogen (secondary N) is 1. The van der Waals surface area contributed by atoms with Crippen molar-refractivity contribution >= 4 is 6.09 Å². The van der Waals surface area contributed by atoms with Crippen LogP contribution in [0.15, 0.2) is 66.7 Å². The molecule has 0 saturated heterocycles. The van der Waals surface area contributed by atoms with Gasteiger partial charge < -0.3 is 15.2 Å². The molecule has 2 N–H and O–H groups in total. The summed E-state index contributed by atoms with van der Waals surface area (Å²) in [5, 5.41) is 21.4. The third-order valence-corrected chi connectivity index (χ3v) is 5.21. The van der Waals surface area contributed by atoms with Crippen molar-refractivity contribution in [1.82, 2.24) is 5.32 Å². The van der Waals surface area contributed by atoms with Gasteiger partial charge in [-0.25, -0.2) is 4.79 Å². The Kier molecular flexibility index (Phi) is 5.87. The molecule has 0 fully saturated rings. The largest absolute Gasteiger partial charge is 0.507 e. The van der Waals surface area contributed by atoms with Gasteiger partial charge in [0.2, 0.25) is 0 Å². The molecule has 5 heteroatoms. The van der Waals surface area contributed by atoms with Crippen LogP contribution in [-0.2, 0) is 4.74 Å². The Balaban J connectivity index is 1.30. The molecule has 0 unspecified atom stereocenters. The molecular formula is C26H20N2O3. The van der Waals surface area contributed by atoms with Gasteiger partial charge in [0.25, 0.3) is 0 Å². The fraction of sp³-hybridized carbons (Fsp3) is 0.154. The van der Waals surface area contributed by atoms with Gasteiger partial charge in [-0.2, -0.15) is 5.26 Å². The maximum absolute atomic E-state index is 12.1. The van der Waals surface area contributed by atoms with Crippen molar-refractivity contribution in [1.29, 1.82) is 5.26 Å². The summed E-state index contributed by atoms with van der Waals surface area (Å²) in [4.78, 5) is 12.1. The van der Waals surface area contributed by atoms with E-state index >= 15 is 0 Å². The number of phenols is 1. The molecule has 152 valence electrons. The fourth-order valence-corrected chi connectivity index (χ4v) is 3.74. The number of nitrogens with zero attached hydrogens (tertiary/aromatic N) is 1. The molecule has 0 aliphatic heterocycles. The van der Waals surface area contributed by atoms with Gasteiger partial charge in [0, 0.05) is 18.9 Å². The van der Waals surface area contributed by atoms with Crippen molar-refractivity contribution in [3.05, 3.63) is 89.0 Å². The van der Waals surface area contributed by atoms with E-state index in [0.717, 1.165) is 0 Å². The number of nitriles is 1. The molecule has 0 atom stereocenters. The highest BCUT2D eigenvalue weighted by Crippen LogP contribution is 2.44. The zero-order chi connectivity index (χ0) is 21.6. The normalized spacial score (nSPS) is 11.5. The first-order valence-electron chi connectivity index (χ1n) is 9.98. The number of hydrogen-bond donors (Lipinski definition) is 2. The summed E-state index contributed by atoms with van der Waals surface area (Å²) in [6.07, 6.45) is -0.0987. The Labute approximate surface area is 180 Å². The average Bonchev–Trinajstić information content (AvgIpc) is 3.12. The molecular weight excluding hydrogens is 388 g/mol. The minimum absolute atomic E-state index is 0.0216. The molecule has 0 spiro atoms. The summed E-state index contributed by atoms with van der Waals surface area (Å²) in [5.41, 5.74) is 5.53. The lowest BCUT2D eigenvalue weighted by atomic mass is 9.98. The third-order valence-electron chi connectivity index (χ3n) is 5.21. The zero-order valence-electron chi connectivity index (χ0n) is 16.8. The van der Waals surface area contributed by atoms with Crippen molar-refractivity contribution in [2.75, 3.05) is 13.2 Å². The van der Waals surface area contributed by atoms with Crippen LogP contribution < -0.4 is 5.32 Å². The first-order chi connectivity index (χ1) is 15.2. The van der Waals surface area contributed by atoms with E-state index in [0.29, 0.717) is 24.1 Å². The van der Waals surface area contributed by atoms with E-state index < -0.39 is 6.09 Å². The summed E-state index contributed by atoms with van der Waals surface area (Å²) >= 11 is 0. The van der Waals surface area contributed by atoms with Crippen LogP contribution in [0.3, 0.4) is 0 Å². The number of carbonyl (C=O) groups excluding carboxylic acids is 1. The molecule has 1 aliphatic rings. The van der Waals surface area contributed by atoms with E-state index in [4.69, 9.17) is 10.00 Å². The van der Waals surface area contributed by atoms with Gasteiger partial charge in [-0.15, -0.1) is 0 Å². The molecule has 0 aromatic heterocycles. The number of phenolic OH excluding ortho intramolecular Hbond substituents is 1. The van der Waals surface area contributed by atoms with Crippen LogP contribution in [0.2, 0.25) is 0 Å². The van der Waals surface area contributed by atoms with E-state index in [1.807, 2.05) is 30.3 Å². The first kappa shape index (κ1) is 20.1. The monoisotopic (exact) mass is 408 g/mol. The number of hydrogen-bond acceptors (Lipinski definition) is 4. The molecule has 0 heterocycles. The highest BCUT2D eigenvalue weighted by Gasteiger charge is 2.28. The maximum atomic E-state index is 12.1. The van der Waals surface area contributed by atoms with E-state index in [-0.39, 0.29) is 18.3 Å². The zero-order valence-corrected chi connectivity index (χ0v) is 16.8. The van der Waals surface area contributed by atoms with E-state index in [2.05, 4.69) is 41.4 Å². The molecule has 31 heavy (non-hydrogen) atoms. The quantitative estimate of drug-likeness (QED) is 0.490. The number of alkyl carbamates (subject to hydrolysis) is 1. The molecule has 3 aromatic carbocycles. The third kappa shape index (κ3) is 4.37. The average molecular weight is 408 g/mol. The lowest BCUT2D eigenvalue weighted by Gasteiger charge is -2.14.